The summed E-state index contributed by atoms with van der Waals surface area (Å²) in [6.45, 7) is 0.511. The maximum Gasteiger partial charge on any atom is 0.157 e. The molecule has 0 amide bonds. The lowest BCUT2D eigenvalue weighted by Crippen LogP contribution is -2.16. The molecule has 206 valence electrons. The summed E-state index contributed by atoms with van der Waals surface area (Å²) in [5.74, 6) is 1.06. The third kappa shape index (κ3) is 5.66. The van der Waals surface area contributed by atoms with Crippen LogP contribution in [-0.2, 0) is 13.0 Å². The summed E-state index contributed by atoms with van der Waals surface area (Å²) in [4.78, 5) is 9.71. The average molecular weight is 554 g/mol. The van der Waals surface area contributed by atoms with Crippen molar-refractivity contribution in [1.82, 2.24) is 0 Å². The number of hydrogen-bond acceptors (Lipinski definition) is 1. The number of nitrogens with two attached hydrogens (primary N) is 1. The van der Waals surface area contributed by atoms with E-state index in [2.05, 4.69) is 103 Å². The molecule has 0 unspecified atom stereocenters. The zero-order valence-corrected chi connectivity index (χ0v) is 23.8. The molecule has 0 saturated carbocycles. The van der Waals surface area contributed by atoms with Gasteiger partial charge in [-0.15, -0.1) is 0 Å². The van der Waals surface area contributed by atoms with Crippen molar-refractivity contribution in [3.63, 3.8) is 0 Å². The Kier molecular flexibility index (Phi) is 7.21. The minimum Gasteiger partial charge on any atom is -0.383 e. The van der Waals surface area contributed by atoms with Crippen LogP contribution in [0.3, 0.4) is 0 Å². The standard InChI is InChI=1S/C40H31N3/c41-39(32-21-19-31(20-22-32)34-23-24-38-36(25-34)26-35-13-7-8-14-37(35)38)43-40(33-11-5-2-6-12-33)42-27-28-15-17-30(18-16-28)29-9-3-1-4-10-29/h1-25H,26-27H2,(H2,41,42,43). The smallest absolute Gasteiger partial charge is 0.157 e. The summed E-state index contributed by atoms with van der Waals surface area (Å²) in [7, 11) is 0. The van der Waals surface area contributed by atoms with Gasteiger partial charge in [-0.3, -0.25) is 4.99 Å². The van der Waals surface area contributed by atoms with E-state index in [0.717, 1.165) is 28.7 Å². The van der Waals surface area contributed by atoms with E-state index >= 15 is 0 Å². The van der Waals surface area contributed by atoms with Crippen LogP contribution >= 0.6 is 0 Å². The number of fused-ring (bicyclic) bond motifs is 3. The predicted octanol–water partition coefficient (Wildman–Crippen LogP) is 8.94. The van der Waals surface area contributed by atoms with Gasteiger partial charge < -0.3 is 5.73 Å². The predicted molar refractivity (Wildman–Crippen MR) is 179 cm³/mol. The topological polar surface area (TPSA) is 50.7 Å². The van der Waals surface area contributed by atoms with Crippen molar-refractivity contribution in [2.75, 3.05) is 0 Å². The molecule has 0 bridgehead atoms. The van der Waals surface area contributed by atoms with Crippen molar-refractivity contribution in [1.29, 1.82) is 0 Å². The fourth-order valence-corrected chi connectivity index (χ4v) is 5.71. The van der Waals surface area contributed by atoms with Crippen molar-refractivity contribution in [3.8, 4) is 33.4 Å². The van der Waals surface area contributed by atoms with Gasteiger partial charge in [-0.05, 0) is 56.5 Å². The van der Waals surface area contributed by atoms with Gasteiger partial charge in [0.05, 0.1) is 6.54 Å². The molecule has 7 rings (SSSR count). The molecule has 6 aromatic rings. The first kappa shape index (κ1) is 26.4. The second-order valence-electron chi connectivity index (χ2n) is 10.8. The minimum absolute atomic E-state index is 0.443. The van der Waals surface area contributed by atoms with Gasteiger partial charge in [-0.25, -0.2) is 4.99 Å². The molecule has 0 aromatic heterocycles. The Bertz CT molecular complexity index is 1940. The van der Waals surface area contributed by atoms with E-state index in [-0.39, 0.29) is 0 Å². The molecular weight excluding hydrogens is 522 g/mol. The maximum absolute atomic E-state index is 6.57. The van der Waals surface area contributed by atoms with Gasteiger partial charge in [-0.2, -0.15) is 0 Å². The highest BCUT2D eigenvalue weighted by Gasteiger charge is 2.18. The first-order chi connectivity index (χ1) is 21.2. The number of nitrogens with zero attached hydrogens (tertiary/aromatic N) is 2. The van der Waals surface area contributed by atoms with Gasteiger partial charge in [0, 0.05) is 11.1 Å². The molecule has 0 spiro atoms. The van der Waals surface area contributed by atoms with Crippen LogP contribution in [0, 0.1) is 0 Å². The fourth-order valence-electron chi connectivity index (χ4n) is 5.71. The van der Waals surface area contributed by atoms with Crippen LogP contribution < -0.4 is 5.73 Å². The van der Waals surface area contributed by atoms with Gasteiger partial charge >= 0.3 is 0 Å². The first-order valence-corrected chi connectivity index (χ1v) is 14.6. The number of amidine groups is 2. The molecule has 1 aliphatic rings. The van der Waals surface area contributed by atoms with Gasteiger partial charge in [0.15, 0.2) is 5.84 Å². The number of aliphatic imine (C=N–C) groups is 2. The summed E-state index contributed by atoms with van der Waals surface area (Å²) >= 11 is 0. The molecule has 0 heterocycles. The average Bonchev–Trinajstić information content (AvgIpc) is 3.45. The van der Waals surface area contributed by atoms with E-state index in [1.807, 2.05) is 48.5 Å². The summed E-state index contributed by atoms with van der Waals surface area (Å²) in [6, 6.07) is 52.7. The largest absolute Gasteiger partial charge is 0.383 e. The Morgan fingerprint density at radius 1 is 0.512 bits per heavy atom. The highest BCUT2D eigenvalue weighted by molar-refractivity contribution is 6.11. The minimum atomic E-state index is 0.443. The van der Waals surface area contributed by atoms with Crippen LogP contribution in [0.2, 0.25) is 0 Å². The van der Waals surface area contributed by atoms with Crippen molar-refractivity contribution < 1.29 is 0 Å². The van der Waals surface area contributed by atoms with Crippen molar-refractivity contribution in [3.05, 3.63) is 179 Å². The first-order valence-electron chi connectivity index (χ1n) is 14.6. The van der Waals surface area contributed by atoms with Crippen molar-refractivity contribution in [2.45, 2.75) is 13.0 Å². The van der Waals surface area contributed by atoms with Gasteiger partial charge in [-0.1, -0.05) is 152 Å². The second-order valence-corrected chi connectivity index (χ2v) is 10.8. The summed E-state index contributed by atoms with van der Waals surface area (Å²) in [5, 5.41) is 0. The van der Waals surface area contributed by atoms with Crippen LogP contribution in [-0.4, -0.2) is 11.7 Å². The Morgan fingerprint density at radius 3 is 1.86 bits per heavy atom. The molecule has 0 radical (unpaired) electrons. The molecule has 3 heteroatoms. The van der Waals surface area contributed by atoms with Gasteiger partial charge in [0.2, 0.25) is 0 Å². The van der Waals surface area contributed by atoms with Crippen LogP contribution in [0.25, 0.3) is 33.4 Å². The van der Waals surface area contributed by atoms with E-state index in [1.54, 1.807) is 0 Å². The molecule has 43 heavy (non-hydrogen) atoms. The lowest BCUT2D eigenvalue weighted by Gasteiger charge is -2.08. The highest BCUT2D eigenvalue weighted by atomic mass is 15.0. The quantitative estimate of drug-likeness (QED) is 0.162. The van der Waals surface area contributed by atoms with E-state index in [9.17, 15) is 0 Å². The Morgan fingerprint density at radius 2 is 1.09 bits per heavy atom. The molecule has 0 saturated heterocycles. The third-order valence-corrected chi connectivity index (χ3v) is 8.04. The number of rotatable bonds is 6. The third-order valence-electron chi connectivity index (χ3n) is 8.04. The van der Waals surface area contributed by atoms with Gasteiger partial charge in [0.25, 0.3) is 0 Å². The normalized spacial score (nSPS) is 12.6. The molecule has 1 aliphatic carbocycles. The van der Waals surface area contributed by atoms with E-state index in [0.29, 0.717) is 18.2 Å². The van der Waals surface area contributed by atoms with E-state index in [1.165, 1.54) is 38.9 Å². The SMILES string of the molecule is NC(=NC(=NCc1ccc(-c2ccccc2)cc1)c1ccccc1)c1ccc(-c2ccc3c(c2)Cc2ccccc2-3)cc1. The van der Waals surface area contributed by atoms with Crippen LogP contribution in [0.1, 0.15) is 27.8 Å². The zero-order valence-electron chi connectivity index (χ0n) is 23.8. The molecular formula is C40H31N3. The number of benzene rings is 6. The van der Waals surface area contributed by atoms with Crippen molar-refractivity contribution in [2.24, 2.45) is 15.7 Å². The fraction of sp³-hybridized carbons (Fsp3) is 0.0500. The van der Waals surface area contributed by atoms with Crippen molar-refractivity contribution >= 4 is 11.7 Å². The van der Waals surface area contributed by atoms with Crippen LogP contribution in [0.4, 0.5) is 0 Å². The molecule has 0 fully saturated rings. The maximum atomic E-state index is 6.57. The second kappa shape index (κ2) is 11.8. The summed E-state index contributed by atoms with van der Waals surface area (Å²) in [5.41, 5.74) is 19.7. The molecule has 0 aliphatic heterocycles. The van der Waals surface area contributed by atoms with E-state index < -0.39 is 0 Å². The van der Waals surface area contributed by atoms with E-state index in [4.69, 9.17) is 15.7 Å². The lowest BCUT2D eigenvalue weighted by atomic mass is 9.98. The Hall–Kier alpha value is -5.54. The summed E-state index contributed by atoms with van der Waals surface area (Å²) < 4.78 is 0. The van der Waals surface area contributed by atoms with Crippen LogP contribution in [0.5, 0.6) is 0 Å². The summed E-state index contributed by atoms with van der Waals surface area (Å²) in [6.07, 6.45) is 0.982. The highest BCUT2D eigenvalue weighted by Crippen LogP contribution is 2.38. The molecule has 0 atom stereocenters. The Balaban J connectivity index is 1.12. The molecule has 3 nitrogen and oxygen atoms in total. The molecule has 6 aromatic carbocycles. The zero-order chi connectivity index (χ0) is 29.0. The Labute approximate surface area is 252 Å². The lowest BCUT2D eigenvalue weighted by molar-refractivity contribution is 1.06. The molecule has 2 N–H and O–H groups in total. The number of hydrogen-bond donors (Lipinski definition) is 1. The van der Waals surface area contributed by atoms with Crippen LogP contribution in [0.15, 0.2) is 162 Å². The monoisotopic (exact) mass is 553 g/mol. The van der Waals surface area contributed by atoms with Gasteiger partial charge in [0.1, 0.15) is 5.84 Å².